The number of nitrogens with one attached hydrogen (secondary N) is 1. The molecule has 0 spiro atoms. The minimum absolute atomic E-state index is 0.162. The molecule has 84 valence electrons. The molecule has 0 amide bonds. The summed E-state index contributed by atoms with van der Waals surface area (Å²) in [5.74, 6) is 1.21. The SMILES string of the molecule is CC(C)c1nc(Br)cc(NCC(F)F)n1. The quantitative estimate of drug-likeness (QED) is 0.861. The zero-order chi connectivity index (χ0) is 11.4. The Labute approximate surface area is 95.4 Å². The Bertz CT molecular complexity index is 331. The topological polar surface area (TPSA) is 37.8 Å². The molecule has 0 unspecified atom stereocenters. The lowest BCUT2D eigenvalue weighted by atomic mass is 10.2. The van der Waals surface area contributed by atoms with Crippen molar-refractivity contribution in [2.24, 2.45) is 0 Å². The Balaban J connectivity index is 2.79. The van der Waals surface area contributed by atoms with E-state index < -0.39 is 13.0 Å². The number of nitrogens with zero attached hydrogens (tertiary/aromatic N) is 2. The van der Waals surface area contributed by atoms with Gasteiger partial charge in [0.05, 0.1) is 6.54 Å². The average Bonchev–Trinajstić information content (AvgIpc) is 2.13. The fraction of sp³-hybridized carbons (Fsp3) is 0.556. The Hall–Kier alpha value is -0.780. The van der Waals surface area contributed by atoms with Crippen molar-refractivity contribution in [3.05, 3.63) is 16.5 Å². The summed E-state index contributed by atoms with van der Waals surface area (Å²) >= 11 is 3.21. The van der Waals surface area contributed by atoms with Crippen LogP contribution in [0.4, 0.5) is 14.6 Å². The maximum Gasteiger partial charge on any atom is 0.255 e. The highest BCUT2D eigenvalue weighted by atomic mass is 79.9. The molecule has 1 rings (SSSR count). The van der Waals surface area contributed by atoms with Crippen LogP contribution in [-0.4, -0.2) is 22.9 Å². The molecule has 1 aromatic heterocycles. The molecule has 1 heterocycles. The number of hydrogen-bond donors (Lipinski definition) is 1. The van der Waals surface area contributed by atoms with Crippen LogP contribution in [0.1, 0.15) is 25.6 Å². The van der Waals surface area contributed by atoms with Gasteiger partial charge < -0.3 is 5.32 Å². The van der Waals surface area contributed by atoms with Crippen molar-refractivity contribution in [1.29, 1.82) is 0 Å². The predicted octanol–water partition coefficient (Wildman–Crippen LogP) is 3.04. The molecule has 0 fully saturated rings. The van der Waals surface area contributed by atoms with Crippen molar-refractivity contribution in [2.45, 2.75) is 26.2 Å². The van der Waals surface area contributed by atoms with Crippen LogP contribution in [0.15, 0.2) is 10.7 Å². The van der Waals surface area contributed by atoms with E-state index in [0.717, 1.165) is 0 Å². The second-order valence-corrected chi connectivity index (χ2v) is 4.17. The minimum atomic E-state index is -2.39. The maximum absolute atomic E-state index is 12.0. The van der Waals surface area contributed by atoms with Gasteiger partial charge in [0, 0.05) is 12.0 Å². The van der Waals surface area contributed by atoms with Crippen LogP contribution in [-0.2, 0) is 0 Å². The van der Waals surface area contributed by atoms with E-state index in [0.29, 0.717) is 16.2 Å². The zero-order valence-electron chi connectivity index (χ0n) is 8.47. The van der Waals surface area contributed by atoms with Crippen LogP contribution < -0.4 is 5.32 Å². The summed E-state index contributed by atoms with van der Waals surface area (Å²) in [5.41, 5.74) is 0. The van der Waals surface area contributed by atoms with E-state index in [-0.39, 0.29) is 5.92 Å². The molecule has 0 aromatic carbocycles. The Morgan fingerprint density at radius 2 is 2.07 bits per heavy atom. The van der Waals surface area contributed by atoms with Crippen LogP contribution in [0.5, 0.6) is 0 Å². The van der Waals surface area contributed by atoms with E-state index in [2.05, 4.69) is 31.2 Å². The molecule has 0 aliphatic heterocycles. The van der Waals surface area contributed by atoms with Crippen LogP contribution in [0, 0.1) is 0 Å². The normalized spacial score (nSPS) is 11.1. The summed E-state index contributed by atoms with van der Waals surface area (Å²) in [6.07, 6.45) is -2.39. The van der Waals surface area contributed by atoms with Gasteiger partial charge in [0.2, 0.25) is 0 Å². The van der Waals surface area contributed by atoms with Crippen LogP contribution in [0.2, 0.25) is 0 Å². The Morgan fingerprint density at radius 1 is 1.40 bits per heavy atom. The van der Waals surface area contributed by atoms with Gasteiger partial charge in [0.1, 0.15) is 16.2 Å². The fourth-order valence-electron chi connectivity index (χ4n) is 0.966. The van der Waals surface area contributed by atoms with Crippen LogP contribution >= 0.6 is 15.9 Å². The summed E-state index contributed by atoms with van der Waals surface area (Å²) in [4.78, 5) is 8.26. The molecule has 0 saturated heterocycles. The summed E-state index contributed by atoms with van der Waals surface area (Å²) in [7, 11) is 0. The third kappa shape index (κ3) is 4.07. The molecule has 0 aliphatic carbocycles. The Kier molecular flexibility index (Phi) is 4.38. The second kappa shape index (κ2) is 5.34. The van der Waals surface area contributed by atoms with E-state index in [4.69, 9.17) is 0 Å². The number of anilines is 1. The molecule has 0 bridgehead atoms. The van der Waals surface area contributed by atoms with Gasteiger partial charge in [-0.15, -0.1) is 0 Å². The van der Waals surface area contributed by atoms with Crippen molar-refractivity contribution in [1.82, 2.24) is 9.97 Å². The fourth-order valence-corrected chi connectivity index (χ4v) is 1.36. The summed E-state index contributed by atoms with van der Waals surface area (Å²) in [5, 5.41) is 2.55. The smallest absolute Gasteiger partial charge is 0.255 e. The maximum atomic E-state index is 12.0. The van der Waals surface area contributed by atoms with Gasteiger partial charge >= 0.3 is 0 Å². The third-order valence-corrected chi connectivity index (χ3v) is 2.07. The molecule has 1 aromatic rings. The molecule has 0 saturated carbocycles. The van der Waals surface area contributed by atoms with E-state index in [1.807, 2.05) is 13.8 Å². The zero-order valence-corrected chi connectivity index (χ0v) is 10.1. The van der Waals surface area contributed by atoms with Crippen molar-refractivity contribution in [3.8, 4) is 0 Å². The predicted molar refractivity (Wildman–Crippen MR) is 58.3 cm³/mol. The third-order valence-electron chi connectivity index (χ3n) is 1.67. The standard InChI is InChI=1S/C9H12BrF2N3/c1-5(2)9-14-6(10)3-8(15-9)13-4-7(11)12/h3,5,7H,4H2,1-2H3,(H,13,14,15). The van der Waals surface area contributed by atoms with Gasteiger partial charge in [-0.25, -0.2) is 18.7 Å². The lowest BCUT2D eigenvalue weighted by Crippen LogP contribution is -2.12. The molecule has 0 radical (unpaired) electrons. The molecular formula is C9H12BrF2N3. The number of halogens is 3. The molecule has 3 nitrogen and oxygen atoms in total. The van der Waals surface area contributed by atoms with Gasteiger partial charge in [-0.05, 0) is 15.9 Å². The summed E-state index contributed by atoms with van der Waals surface area (Å²) < 4.78 is 24.5. The van der Waals surface area contributed by atoms with Crippen LogP contribution in [0.25, 0.3) is 0 Å². The molecule has 6 heteroatoms. The summed E-state index contributed by atoms with van der Waals surface area (Å²) in [6.45, 7) is 3.48. The number of alkyl halides is 2. The highest BCUT2D eigenvalue weighted by Crippen LogP contribution is 2.17. The lowest BCUT2D eigenvalue weighted by molar-refractivity contribution is 0.163. The molecule has 15 heavy (non-hydrogen) atoms. The first kappa shape index (κ1) is 12.3. The van der Waals surface area contributed by atoms with E-state index >= 15 is 0 Å². The lowest BCUT2D eigenvalue weighted by Gasteiger charge is -2.09. The van der Waals surface area contributed by atoms with Gasteiger partial charge in [0.15, 0.2) is 0 Å². The van der Waals surface area contributed by atoms with Gasteiger partial charge in [-0.2, -0.15) is 0 Å². The first-order valence-electron chi connectivity index (χ1n) is 4.55. The van der Waals surface area contributed by atoms with E-state index in [1.165, 1.54) is 0 Å². The van der Waals surface area contributed by atoms with Gasteiger partial charge in [-0.3, -0.25) is 0 Å². The highest BCUT2D eigenvalue weighted by molar-refractivity contribution is 9.10. The van der Waals surface area contributed by atoms with E-state index in [1.54, 1.807) is 6.07 Å². The molecule has 1 N–H and O–H groups in total. The van der Waals surface area contributed by atoms with Crippen molar-refractivity contribution in [2.75, 3.05) is 11.9 Å². The average molecular weight is 280 g/mol. The van der Waals surface area contributed by atoms with Crippen molar-refractivity contribution < 1.29 is 8.78 Å². The van der Waals surface area contributed by atoms with Crippen molar-refractivity contribution >= 4 is 21.7 Å². The highest BCUT2D eigenvalue weighted by Gasteiger charge is 2.08. The van der Waals surface area contributed by atoms with Crippen LogP contribution in [0.3, 0.4) is 0 Å². The first-order chi connectivity index (χ1) is 6.99. The largest absolute Gasteiger partial charge is 0.364 e. The van der Waals surface area contributed by atoms with Gasteiger partial charge in [0.25, 0.3) is 6.43 Å². The Morgan fingerprint density at radius 3 is 2.60 bits per heavy atom. The molecule has 0 aliphatic rings. The monoisotopic (exact) mass is 279 g/mol. The number of aromatic nitrogens is 2. The summed E-state index contributed by atoms with van der Waals surface area (Å²) in [6, 6.07) is 1.58. The van der Waals surface area contributed by atoms with Crippen molar-refractivity contribution in [3.63, 3.8) is 0 Å². The molecule has 0 atom stereocenters. The minimum Gasteiger partial charge on any atom is -0.364 e. The number of hydrogen-bond acceptors (Lipinski definition) is 3. The van der Waals surface area contributed by atoms with E-state index in [9.17, 15) is 8.78 Å². The molecular weight excluding hydrogens is 268 g/mol. The first-order valence-corrected chi connectivity index (χ1v) is 5.35. The second-order valence-electron chi connectivity index (χ2n) is 3.36. The van der Waals surface area contributed by atoms with Gasteiger partial charge in [-0.1, -0.05) is 13.8 Å². The number of rotatable bonds is 4.